The zero-order chi connectivity index (χ0) is 15.4. The number of hydrogen-bond donors (Lipinski definition) is 3. The number of carboxylic acid groups (broad SMARTS) is 1. The summed E-state index contributed by atoms with van der Waals surface area (Å²) in [6.45, 7) is 0. The minimum atomic E-state index is -1.04. The molecular weight excluding hydrogens is 272 g/mol. The van der Waals surface area contributed by atoms with E-state index in [0.717, 1.165) is 19.3 Å². The molecule has 0 spiro atoms. The number of aromatic carboxylic acids is 1. The third-order valence-electron chi connectivity index (χ3n) is 3.87. The van der Waals surface area contributed by atoms with Crippen LogP contribution in [0.25, 0.3) is 0 Å². The van der Waals surface area contributed by atoms with Crippen LogP contribution in [0.15, 0.2) is 24.3 Å². The number of urea groups is 1. The Kier molecular flexibility index (Phi) is 4.80. The van der Waals surface area contributed by atoms with Gasteiger partial charge in [0.1, 0.15) is 0 Å². The first-order valence-corrected chi connectivity index (χ1v) is 7.04. The Labute approximate surface area is 123 Å². The van der Waals surface area contributed by atoms with Crippen molar-refractivity contribution < 1.29 is 19.8 Å². The number of carbonyl (C=O) groups excluding carboxylic acids is 1. The molecule has 114 valence electrons. The number of aliphatic hydroxyl groups is 1. The Hall–Kier alpha value is -2.08. The number of hydrogen-bond acceptors (Lipinski definition) is 3. The van der Waals surface area contributed by atoms with E-state index in [2.05, 4.69) is 5.32 Å². The lowest BCUT2D eigenvalue weighted by Gasteiger charge is -2.35. The van der Waals surface area contributed by atoms with Crippen LogP contribution in [0, 0.1) is 0 Å². The van der Waals surface area contributed by atoms with Gasteiger partial charge in [0.25, 0.3) is 0 Å². The van der Waals surface area contributed by atoms with Gasteiger partial charge in [0.15, 0.2) is 0 Å². The molecule has 0 saturated heterocycles. The summed E-state index contributed by atoms with van der Waals surface area (Å²) in [5.41, 5.74) is 0.546. The average molecular weight is 292 g/mol. The van der Waals surface area contributed by atoms with E-state index < -0.39 is 12.1 Å². The van der Waals surface area contributed by atoms with E-state index in [4.69, 9.17) is 5.11 Å². The van der Waals surface area contributed by atoms with Crippen LogP contribution < -0.4 is 5.32 Å². The van der Waals surface area contributed by atoms with Gasteiger partial charge in [-0.05, 0) is 31.0 Å². The molecule has 1 saturated carbocycles. The zero-order valence-corrected chi connectivity index (χ0v) is 12.0. The Morgan fingerprint density at radius 3 is 2.67 bits per heavy atom. The van der Waals surface area contributed by atoms with E-state index in [0.29, 0.717) is 12.1 Å². The van der Waals surface area contributed by atoms with Crippen molar-refractivity contribution in [2.24, 2.45) is 0 Å². The fraction of sp³-hybridized carbons (Fsp3) is 0.467. The standard InChI is InChI=1S/C15H20N2O4/c1-17(12-7-2-3-8-13(12)18)15(21)16-11-6-4-5-10(9-11)14(19)20/h4-6,9,12-13,18H,2-3,7-8H2,1H3,(H,16,21)(H,19,20). The van der Waals surface area contributed by atoms with Crippen molar-refractivity contribution in [1.29, 1.82) is 0 Å². The molecule has 2 unspecified atom stereocenters. The largest absolute Gasteiger partial charge is 0.478 e. The highest BCUT2D eigenvalue weighted by molar-refractivity contribution is 5.93. The van der Waals surface area contributed by atoms with Crippen LogP contribution in [0.4, 0.5) is 10.5 Å². The predicted octanol–water partition coefficient (Wildman–Crippen LogP) is 2.15. The number of amides is 2. The highest BCUT2D eigenvalue weighted by atomic mass is 16.4. The van der Waals surface area contributed by atoms with Crippen LogP contribution in [0.1, 0.15) is 36.0 Å². The predicted molar refractivity (Wildman–Crippen MR) is 78.4 cm³/mol. The Morgan fingerprint density at radius 2 is 2.00 bits per heavy atom. The molecule has 0 aliphatic heterocycles. The summed E-state index contributed by atoms with van der Waals surface area (Å²) in [5, 5.41) is 21.6. The molecule has 0 radical (unpaired) electrons. The molecule has 0 bridgehead atoms. The van der Waals surface area contributed by atoms with Crippen molar-refractivity contribution in [3.63, 3.8) is 0 Å². The van der Waals surface area contributed by atoms with Crippen LogP contribution >= 0.6 is 0 Å². The van der Waals surface area contributed by atoms with Gasteiger partial charge in [-0.1, -0.05) is 18.9 Å². The van der Waals surface area contributed by atoms with Gasteiger partial charge < -0.3 is 20.4 Å². The van der Waals surface area contributed by atoms with Crippen molar-refractivity contribution in [2.75, 3.05) is 12.4 Å². The first-order chi connectivity index (χ1) is 9.99. The quantitative estimate of drug-likeness (QED) is 0.796. The molecular formula is C15H20N2O4. The van der Waals surface area contributed by atoms with Gasteiger partial charge in [-0.3, -0.25) is 0 Å². The molecule has 21 heavy (non-hydrogen) atoms. The molecule has 6 nitrogen and oxygen atoms in total. The molecule has 3 N–H and O–H groups in total. The number of carbonyl (C=O) groups is 2. The van der Waals surface area contributed by atoms with Crippen molar-refractivity contribution in [3.05, 3.63) is 29.8 Å². The number of carboxylic acids is 1. The van der Waals surface area contributed by atoms with Crippen LogP contribution in [-0.4, -0.2) is 46.3 Å². The topological polar surface area (TPSA) is 89.9 Å². The summed E-state index contributed by atoms with van der Waals surface area (Å²) < 4.78 is 0. The normalized spacial score (nSPS) is 21.6. The SMILES string of the molecule is CN(C(=O)Nc1cccc(C(=O)O)c1)C1CCCCC1O. The zero-order valence-electron chi connectivity index (χ0n) is 12.0. The Bertz CT molecular complexity index is 532. The van der Waals surface area contributed by atoms with Crippen LogP contribution in [0.3, 0.4) is 0 Å². The van der Waals surface area contributed by atoms with Crippen molar-refractivity contribution in [1.82, 2.24) is 4.90 Å². The van der Waals surface area contributed by atoms with Gasteiger partial charge in [-0.2, -0.15) is 0 Å². The number of anilines is 1. The lowest BCUT2D eigenvalue weighted by Crippen LogP contribution is -2.47. The summed E-state index contributed by atoms with van der Waals surface area (Å²) in [4.78, 5) is 24.6. The second-order valence-electron chi connectivity index (χ2n) is 5.35. The molecule has 6 heteroatoms. The number of benzene rings is 1. The van der Waals surface area contributed by atoms with E-state index in [9.17, 15) is 14.7 Å². The van der Waals surface area contributed by atoms with E-state index in [1.165, 1.54) is 17.0 Å². The number of aliphatic hydroxyl groups excluding tert-OH is 1. The van der Waals surface area contributed by atoms with Crippen molar-refractivity contribution in [2.45, 2.75) is 37.8 Å². The molecule has 1 fully saturated rings. The van der Waals surface area contributed by atoms with Crippen LogP contribution in [0.5, 0.6) is 0 Å². The molecule has 1 aromatic rings. The third-order valence-corrected chi connectivity index (χ3v) is 3.87. The summed E-state index contributed by atoms with van der Waals surface area (Å²) >= 11 is 0. The molecule has 1 aromatic carbocycles. The van der Waals surface area contributed by atoms with E-state index >= 15 is 0 Å². The maximum absolute atomic E-state index is 12.2. The van der Waals surface area contributed by atoms with Gasteiger partial charge in [-0.25, -0.2) is 9.59 Å². The second-order valence-corrected chi connectivity index (χ2v) is 5.35. The summed E-state index contributed by atoms with van der Waals surface area (Å²) in [7, 11) is 1.65. The fourth-order valence-electron chi connectivity index (χ4n) is 2.64. The lowest BCUT2D eigenvalue weighted by atomic mass is 9.92. The highest BCUT2D eigenvalue weighted by Crippen LogP contribution is 2.23. The summed E-state index contributed by atoms with van der Waals surface area (Å²) in [5.74, 6) is -1.04. The Balaban J connectivity index is 2.03. The molecule has 0 heterocycles. The molecule has 2 amide bonds. The monoisotopic (exact) mass is 292 g/mol. The lowest BCUT2D eigenvalue weighted by molar-refractivity contribution is 0.0494. The van der Waals surface area contributed by atoms with E-state index in [1.807, 2.05) is 0 Å². The minimum Gasteiger partial charge on any atom is -0.478 e. The number of likely N-dealkylation sites (N-methyl/N-ethyl adjacent to an activating group) is 1. The molecule has 2 atom stereocenters. The van der Waals surface area contributed by atoms with Gasteiger partial charge in [0.2, 0.25) is 0 Å². The maximum Gasteiger partial charge on any atom is 0.335 e. The highest BCUT2D eigenvalue weighted by Gasteiger charge is 2.29. The van der Waals surface area contributed by atoms with Gasteiger partial charge in [-0.15, -0.1) is 0 Å². The maximum atomic E-state index is 12.2. The van der Waals surface area contributed by atoms with Gasteiger partial charge in [0, 0.05) is 12.7 Å². The van der Waals surface area contributed by atoms with Crippen LogP contribution in [0.2, 0.25) is 0 Å². The fourth-order valence-corrected chi connectivity index (χ4v) is 2.64. The van der Waals surface area contributed by atoms with E-state index in [-0.39, 0.29) is 17.6 Å². The first-order valence-electron chi connectivity index (χ1n) is 7.04. The summed E-state index contributed by atoms with van der Waals surface area (Å²) in [6, 6.07) is 5.55. The molecule has 2 rings (SSSR count). The first kappa shape index (κ1) is 15.3. The number of nitrogens with one attached hydrogen (secondary N) is 1. The smallest absolute Gasteiger partial charge is 0.335 e. The van der Waals surface area contributed by atoms with E-state index in [1.54, 1.807) is 19.2 Å². The average Bonchev–Trinajstić information content (AvgIpc) is 2.47. The third kappa shape index (κ3) is 3.72. The van der Waals surface area contributed by atoms with Crippen LogP contribution in [-0.2, 0) is 0 Å². The van der Waals surface area contributed by atoms with Crippen molar-refractivity contribution >= 4 is 17.7 Å². The molecule has 1 aliphatic rings. The minimum absolute atomic E-state index is 0.119. The van der Waals surface area contributed by atoms with Gasteiger partial charge in [0.05, 0.1) is 17.7 Å². The molecule has 1 aliphatic carbocycles. The number of nitrogens with zero attached hydrogens (tertiary/aromatic N) is 1. The Morgan fingerprint density at radius 1 is 1.29 bits per heavy atom. The molecule has 0 aromatic heterocycles. The second kappa shape index (κ2) is 6.58. The van der Waals surface area contributed by atoms with Gasteiger partial charge >= 0.3 is 12.0 Å². The number of rotatable bonds is 3. The summed E-state index contributed by atoms with van der Waals surface area (Å²) in [6.07, 6.45) is 2.96. The van der Waals surface area contributed by atoms with Crippen molar-refractivity contribution in [3.8, 4) is 0 Å².